The number of likely N-dealkylation sites (N-methyl/N-ethyl adjacent to an activating group) is 1. The van der Waals surface area contributed by atoms with Crippen LogP contribution in [0.5, 0.6) is 0 Å². The Balaban J connectivity index is 1.68. The molecule has 13 heteroatoms. The molecule has 47 heavy (non-hydrogen) atoms. The maximum Gasteiger partial charge on any atom is 0.247 e. The van der Waals surface area contributed by atoms with Gasteiger partial charge in [0.05, 0.1) is 13.2 Å². The number of aliphatic hydroxyl groups excluding tert-OH is 1. The lowest BCUT2D eigenvalue weighted by molar-refractivity contribution is -0.143. The molecule has 13 nitrogen and oxygen atoms in total. The molecule has 3 fully saturated rings. The molecule has 0 bridgehead atoms. The van der Waals surface area contributed by atoms with Crippen LogP contribution >= 0.6 is 0 Å². The second-order valence-electron chi connectivity index (χ2n) is 13.6. The van der Waals surface area contributed by atoms with Crippen molar-refractivity contribution in [2.24, 2.45) is 11.8 Å². The fourth-order valence-corrected chi connectivity index (χ4v) is 6.77. The van der Waals surface area contributed by atoms with Gasteiger partial charge >= 0.3 is 0 Å². The lowest BCUT2D eigenvalue weighted by Gasteiger charge is -2.30. The molecular formula is C34H50N6O7. The molecule has 1 saturated carbocycles. The first-order valence-electron chi connectivity index (χ1n) is 16.9. The zero-order valence-corrected chi connectivity index (χ0v) is 27.7. The van der Waals surface area contributed by atoms with Gasteiger partial charge in [-0.25, -0.2) is 0 Å². The van der Waals surface area contributed by atoms with Crippen molar-refractivity contribution in [3.05, 3.63) is 35.9 Å². The zero-order valence-electron chi connectivity index (χ0n) is 27.7. The number of hydrogen-bond donors (Lipinski definition) is 5. The molecule has 0 unspecified atom stereocenters. The summed E-state index contributed by atoms with van der Waals surface area (Å²) < 4.78 is 0. The smallest absolute Gasteiger partial charge is 0.247 e. The second kappa shape index (κ2) is 16.7. The number of nitrogens with zero attached hydrogens (tertiary/aromatic N) is 2. The number of fused-ring (bicyclic) bond motifs is 1. The Kier molecular flexibility index (Phi) is 12.7. The van der Waals surface area contributed by atoms with Crippen LogP contribution in [0.4, 0.5) is 0 Å². The van der Waals surface area contributed by atoms with Crippen molar-refractivity contribution in [1.29, 1.82) is 0 Å². The van der Waals surface area contributed by atoms with Crippen molar-refractivity contribution < 1.29 is 33.9 Å². The number of benzene rings is 1. The topological polar surface area (TPSA) is 177 Å². The standard InChI is InChI=1S/C34H50N6O7/c1-21(2)15-25-31(44)37-26(16-22-11-7-6-8-12-22)34(47)40-18-24(35-30(43)23-13-9-4-5-10-14-23)17-28(40)32(45)38-27(20-41)33(46)39(3)19-29(42)36-25/h6-8,11-12,21,23-28,41H,4-5,9-10,13-20H2,1-3H3,(H,35,43)(H,36,42)(H,37,44)(H,38,45)/t24-,25-,26-,27-,28-/m0/s1. The highest BCUT2D eigenvalue weighted by molar-refractivity contribution is 5.97. The number of hydrogen-bond acceptors (Lipinski definition) is 7. The van der Waals surface area contributed by atoms with E-state index in [1.807, 2.05) is 44.2 Å². The minimum absolute atomic E-state index is 0.0113. The van der Waals surface area contributed by atoms with Gasteiger partial charge in [-0.15, -0.1) is 0 Å². The van der Waals surface area contributed by atoms with Gasteiger partial charge in [-0.05, 0) is 37.2 Å². The highest BCUT2D eigenvalue weighted by Gasteiger charge is 2.44. The van der Waals surface area contributed by atoms with Crippen molar-refractivity contribution in [2.45, 2.75) is 102 Å². The SMILES string of the molecule is CC(C)C[C@@H]1NC(=O)CN(C)C(=O)[C@H](CO)NC(=O)[C@@H]2C[C@H](NC(=O)C3CCCCCC3)CN2C(=O)[C@H](Cc2ccccc2)NC1=O. The molecule has 4 rings (SSSR count). The summed E-state index contributed by atoms with van der Waals surface area (Å²) >= 11 is 0. The van der Waals surface area contributed by atoms with E-state index in [2.05, 4.69) is 21.3 Å². The molecule has 0 aromatic heterocycles. The first kappa shape index (κ1) is 35.8. The van der Waals surface area contributed by atoms with Crippen LogP contribution in [-0.2, 0) is 35.2 Å². The summed E-state index contributed by atoms with van der Waals surface area (Å²) in [5.74, 6) is -3.28. The predicted molar refractivity (Wildman–Crippen MR) is 173 cm³/mol. The average molecular weight is 655 g/mol. The van der Waals surface area contributed by atoms with Crippen molar-refractivity contribution in [3.63, 3.8) is 0 Å². The van der Waals surface area contributed by atoms with Gasteiger partial charge in [0, 0.05) is 32.0 Å². The molecule has 5 atom stereocenters. The first-order chi connectivity index (χ1) is 22.5. The van der Waals surface area contributed by atoms with E-state index in [4.69, 9.17) is 0 Å². The maximum atomic E-state index is 14.4. The second-order valence-corrected chi connectivity index (χ2v) is 13.6. The molecule has 1 aliphatic carbocycles. The molecular weight excluding hydrogens is 604 g/mol. The van der Waals surface area contributed by atoms with Crippen LogP contribution in [0, 0.1) is 11.8 Å². The average Bonchev–Trinajstić information content (AvgIpc) is 3.26. The minimum Gasteiger partial charge on any atom is -0.394 e. The third-order valence-corrected chi connectivity index (χ3v) is 9.27. The summed E-state index contributed by atoms with van der Waals surface area (Å²) in [6, 6.07) is 4.09. The Hall–Kier alpha value is -4.00. The molecule has 5 N–H and O–H groups in total. The van der Waals surface area contributed by atoms with Crippen LogP contribution < -0.4 is 21.3 Å². The van der Waals surface area contributed by atoms with Crippen LogP contribution in [0.25, 0.3) is 0 Å². The normalized spacial score (nSPS) is 27.3. The summed E-state index contributed by atoms with van der Waals surface area (Å²) in [6.45, 7) is 2.69. The van der Waals surface area contributed by atoms with E-state index in [9.17, 15) is 33.9 Å². The highest BCUT2D eigenvalue weighted by Crippen LogP contribution is 2.25. The van der Waals surface area contributed by atoms with Gasteiger partial charge in [-0.1, -0.05) is 69.9 Å². The van der Waals surface area contributed by atoms with E-state index in [-0.39, 0.29) is 43.6 Å². The number of aliphatic hydroxyl groups is 1. The molecule has 2 heterocycles. The quantitative estimate of drug-likeness (QED) is 0.262. The lowest BCUT2D eigenvalue weighted by atomic mass is 9.99. The molecule has 258 valence electrons. The summed E-state index contributed by atoms with van der Waals surface area (Å²) in [4.78, 5) is 83.9. The molecule has 0 radical (unpaired) electrons. The van der Waals surface area contributed by atoms with E-state index >= 15 is 0 Å². The Morgan fingerprint density at radius 1 is 0.894 bits per heavy atom. The molecule has 2 aliphatic heterocycles. The van der Waals surface area contributed by atoms with E-state index in [1.54, 1.807) is 0 Å². The highest BCUT2D eigenvalue weighted by atomic mass is 16.3. The van der Waals surface area contributed by atoms with Gasteiger partial charge in [-0.2, -0.15) is 0 Å². The van der Waals surface area contributed by atoms with Crippen molar-refractivity contribution in [1.82, 2.24) is 31.1 Å². The molecule has 1 aromatic carbocycles. The summed E-state index contributed by atoms with van der Waals surface area (Å²) in [7, 11) is 1.37. The zero-order chi connectivity index (χ0) is 34.1. The third kappa shape index (κ3) is 9.75. The maximum absolute atomic E-state index is 14.4. The van der Waals surface area contributed by atoms with Crippen LogP contribution in [0.3, 0.4) is 0 Å². The van der Waals surface area contributed by atoms with Crippen LogP contribution in [-0.4, -0.2) is 107 Å². The van der Waals surface area contributed by atoms with Crippen molar-refractivity contribution in [3.8, 4) is 0 Å². The number of carbonyl (C=O) groups is 6. The largest absolute Gasteiger partial charge is 0.394 e. The van der Waals surface area contributed by atoms with Gasteiger partial charge in [0.2, 0.25) is 35.4 Å². The Morgan fingerprint density at radius 2 is 1.55 bits per heavy atom. The van der Waals surface area contributed by atoms with Crippen LogP contribution in [0.1, 0.15) is 70.8 Å². The van der Waals surface area contributed by atoms with E-state index in [0.29, 0.717) is 0 Å². The molecule has 6 amide bonds. The Labute approximate surface area is 276 Å². The first-order valence-corrected chi connectivity index (χ1v) is 16.9. The molecule has 2 saturated heterocycles. The Bertz CT molecular complexity index is 1280. The van der Waals surface area contributed by atoms with E-state index < -0.39 is 72.9 Å². The fourth-order valence-electron chi connectivity index (χ4n) is 6.77. The van der Waals surface area contributed by atoms with Gasteiger partial charge < -0.3 is 36.2 Å². The summed E-state index contributed by atoms with van der Waals surface area (Å²) in [6.07, 6.45) is 6.21. The minimum atomic E-state index is -1.37. The number of rotatable bonds is 7. The van der Waals surface area contributed by atoms with Crippen molar-refractivity contribution >= 4 is 35.4 Å². The fraction of sp³-hybridized carbons (Fsp3) is 0.647. The predicted octanol–water partition coefficient (Wildman–Crippen LogP) is 0.250. The summed E-state index contributed by atoms with van der Waals surface area (Å²) in [5, 5.41) is 21.3. The third-order valence-electron chi connectivity index (χ3n) is 9.27. The van der Waals surface area contributed by atoms with Crippen LogP contribution in [0.2, 0.25) is 0 Å². The van der Waals surface area contributed by atoms with E-state index in [0.717, 1.165) is 49.0 Å². The molecule has 0 spiro atoms. The summed E-state index contributed by atoms with van der Waals surface area (Å²) in [5.41, 5.74) is 0.777. The van der Waals surface area contributed by atoms with Gasteiger partial charge in [0.25, 0.3) is 0 Å². The number of nitrogens with one attached hydrogen (secondary N) is 4. The lowest BCUT2D eigenvalue weighted by Crippen LogP contribution is -2.58. The monoisotopic (exact) mass is 654 g/mol. The van der Waals surface area contributed by atoms with Gasteiger partial charge in [0.15, 0.2) is 0 Å². The number of amides is 6. The van der Waals surface area contributed by atoms with Gasteiger partial charge in [-0.3, -0.25) is 28.8 Å². The van der Waals surface area contributed by atoms with Crippen molar-refractivity contribution in [2.75, 3.05) is 26.7 Å². The van der Waals surface area contributed by atoms with Crippen LogP contribution in [0.15, 0.2) is 30.3 Å². The number of carbonyl (C=O) groups excluding carboxylic acids is 6. The molecule has 1 aromatic rings. The Morgan fingerprint density at radius 3 is 2.19 bits per heavy atom. The molecule has 3 aliphatic rings. The van der Waals surface area contributed by atoms with E-state index in [1.165, 1.54) is 11.9 Å². The van der Waals surface area contributed by atoms with Gasteiger partial charge in [0.1, 0.15) is 24.2 Å².